The van der Waals surface area contributed by atoms with Gasteiger partial charge in [0.05, 0.1) is 12.1 Å². The molecule has 1 fully saturated rings. The Morgan fingerprint density at radius 2 is 2.06 bits per heavy atom. The highest BCUT2D eigenvalue weighted by Gasteiger charge is 2.35. The predicted molar refractivity (Wildman–Crippen MR) is 125 cm³/mol. The average Bonchev–Trinajstić information content (AvgIpc) is 3.56. The number of thiazole rings is 1. The summed E-state index contributed by atoms with van der Waals surface area (Å²) in [6.45, 7) is 0.652. The topological polar surface area (TPSA) is 101 Å². The molecule has 9 heteroatoms. The summed E-state index contributed by atoms with van der Waals surface area (Å²) in [5, 5.41) is 7.99. The smallest absolute Gasteiger partial charge is 0.410 e. The van der Waals surface area contributed by atoms with Gasteiger partial charge in [-0.25, -0.2) is 9.78 Å². The molecule has 3 aromatic rings. The standard InChI is InChI=1S/C24H22N4O4S/c29-21-12-17-11-16(8-9-18(17)25-21)19-14-33-23(26-19)27-22(30)20-7-4-10-28(20)24(31)32-13-15-5-2-1-3-6-15/h1-3,5-6,8-9,11,14,20H,4,7,10,12-13H2,(H,25,29)(H,26,27,30)/t20-/m0/s1. The first kappa shape index (κ1) is 21.1. The quantitative estimate of drug-likeness (QED) is 0.596. The normalized spacial score (nSPS) is 16.9. The van der Waals surface area contributed by atoms with E-state index in [1.165, 1.54) is 16.2 Å². The molecule has 168 valence electrons. The molecule has 3 amide bonds. The van der Waals surface area contributed by atoms with Crippen LogP contribution in [-0.2, 0) is 27.4 Å². The first-order valence-electron chi connectivity index (χ1n) is 10.7. The maximum absolute atomic E-state index is 12.9. The van der Waals surface area contributed by atoms with Crippen LogP contribution in [-0.4, -0.2) is 40.4 Å². The highest BCUT2D eigenvalue weighted by Crippen LogP contribution is 2.31. The molecule has 0 saturated carbocycles. The maximum atomic E-state index is 12.9. The highest BCUT2D eigenvalue weighted by molar-refractivity contribution is 7.14. The fraction of sp³-hybridized carbons (Fsp3) is 0.250. The third-order valence-electron chi connectivity index (χ3n) is 5.76. The minimum absolute atomic E-state index is 0.0169. The molecule has 2 aromatic carbocycles. The first-order valence-corrected chi connectivity index (χ1v) is 11.6. The van der Waals surface area contributed by atoms with Crippen molar-refractivity contribution in [3.05, 3.63) is 65.0 Å². The van der Waals surface area contributed by atoms with Crippen molar-refractivity contribution in [2.75, 3.05) is 17.2 Å². The number of carbonyl (C=O) groups is 3. The van der Waals surface area contributed by atoms with Gasteiger partial charge < -0.3 is 15.4 Å². The minimum atomic E-state index is -0.585. The number of ether oxygens (including phenoxy) is 1. The van der Waals surface area contributed by atoms with Gasteiger partial charge in [0, 0.05) is 23.2 Å². The average molecular weight is 463 g/mol. The zero-order chi connectivity index (χ0) is 22.8. The lowest BCUT2D eigenvalue weighted by molar-refractivity contribution is -0.120. The number of fused-ring (bicyclic) bond motifs is 1. The van der Waals surface area contributed by atoms with Gasteiger partial charge in [0.1, 0.15) is 12.6 Å². The molecule has 0 spiro atoms. The van der Waals surface area contributed by atoms with Crippen LogP contribution in [0.1, 0.15) is 24.0 Å². The van der Waals surface area contributed by atoms with Crippen LogP contribution in [0.2, 0.25) is 0 Å². The molecule has 0 bridgehead atoms. The number of hydrogen-bond donors (Lipinski definition) is 2. The maximum Gasteiger partial charge on any atom is 0.410 e. The number of anilines is 2. The van der Waals surface area contributed by atoms with E-state index < -0.39 is 12.1 Å². The SMILES string of the molecule is O=C1Cc2cc(-c3csc(NC(=O)[C@@H]4CCCN4C(=O)OCc4ccccc4)n3)ccc2N1. The number of amides is 3. The zero-order valence-corrected chi connectivity index (χ0v) is 18.6. The van der Waals surface area contributed by atoms with Crippen molar-refractivity contribution in [1.29, 1.82) is 0 Å². The van der Waals surface area contributed by atoms with Crippen LogP contribution in [0.25, 0.3) is 11.3 Å². The molecule has 8 nitrogen and oxygen atoms in total. The summed E-state index contributed by atoms with van der Waals surface area (Å²) in [7, 11) is 0. The van der Waals surface area contributed by atoms with Crippen LogP contribution in [0.4, 0.5) is 15.6 Å². The van der Waals surface area contributed by atoms with E-state index in [2.05, 4.69) is 15.6 Å². The molecule has 0 radical (unpaired) electrons. The summed E-state index contributed by atoms with van der Waals surface area (Å²) in [6.07, 6.45) is 1.19. The Balaban J connectivity index is 1.21. The second-order valence-corrected chi connectivity index (χ2v) is 8.87. The van der Waals surface area contributed by atoms with Crippen LogP contribution in [0, 0.1) is 0 Å². The fourth-order valence-electron chi connectivity index (χ4n) is 4.10. The Hall–Kier alpha value is -3.72. The Kier molecular flexibility index (Phi) is 5.78. The molecule has 5 rings (SSSR count). The predicted octanol–water partition coefficient (Wildman–Crippen LogP) is 4.04. The van der Waals surface area contributed by atoms with Crippen LogP contribution < -0.4 is 10.6 Å². The van der Waals surface area contributed by atoms with E-state index in [1.54, 1.807) is 0 Å². The summed E-state index contributed by atoms with van der Waals surface area (Å²) < 4.78 is 5.41. The van der Waals surface area contributed by atoms with Gasteiger partial charge in [0.25, 0.3) is 0 Å². The number of hydrogen-bond acceptors (Lipinski definition) is 6. The number of nitrogens with zero attached hydrogens (tertiary/aromatic N) is 2. The molecule has 1 saturated heterocycles. The number of nitrogens with one attached hydrogen (secondary N) is 2. The monoisotopic (exact) mass is 462 g/mol. The van der Waals surface area contributed by atoms with Gasteiger partial charge >= 0.3 is 6.09 Å². The molecular formula is C24H22N4O4S. The van der Waals surface area contributed by atoms with Gasteiger partial charge in [-0.05, 0) is 36.1 Å². The lowest BCUT2D eigenvalue weighted by Gasteiger charge is -2.22. The van der Waals surface area contributed by atoms with Gasteiger partial charge in [-0.1, -0.05) is 36.4 Å². The first-order chi connectivity index (χ1) is 16.1. The summed E-state index contributed by atoms with van der Waals surface area (Å²) >= 11 is 1.32. The number of rotatable bonds is 5. The summed E-state index contributed by atoms with van der Waals surface area (Å²) in [5.41, 5.74) is 4.27. The molecule has 2 aliphatic heterocycles. The lowest BCUT2D eigenvalue weighted by Crippen LogP contribution is -2.43. The Labute approximate surface area is 194 Å². The van der Waals surface area contributed by atoms with Crippen molar-refractivity contribution in [2.45, 2.75) is 31.9 Å². The highest BCUT2D eigenvalue weighted by atomic mass is 32.1. The van der Waals surface area contributed by atoms with E-state index in [1.807, 2.05) is 53.9 Å². The van der Waals surface area contributed by atoms with Crippen molar-refractivity contribution in [3.63, 3.8) is 0 Å². The lowest BCUT2D eigenvalue weighted by atomic mass is 10.1. The largest absolute Gasteiger partial charge is 0.445 e. The summed E-state index contributed by atoms with van der Waals surface area (Å²) in [6, 6.07) is 14.6. The van der Waals surface area contributed by atoms with Crippen molar-refractivity contribution in [3.8, 4) is 11.3 Å². The molecule has 0 aliphatic carbocycles. The van der Waals surface area contributed by atoms with Crippen molar-refractivity contribution < 1.29 is 19.1 Å². The van der Waals surface area contributed by atoms with Gasteiger partial charge in [-0.2, -0.15) is 0 Å². The number of aromatic nitrogens is 1. The van der Waals surface area contributed by atoms with Crippen LogP contribution in [0.3, 0.4) is 0 Å². The van der Waals surface area contributed by atoms with Crippen molar-refractivity contribution in [1.82, 2.24) is 9.88 Å². The molecular weight excluding hydrogens is 440 g/mol. The van der Waals surface area contributed by atoms with E-state index >= 15 is 0 Å². The zero-order valence-electron chi connectivity index (χ0n) is 17.7. The molecule has 2 N–H and O–H groups in total. The molecule has 2 aliphatic rings. The Morgan fingerprint density at radius 3 is 2.91 bits per heavy atom. The molecule has 33 heavy (non-hydrogen) atoms. The third kappa shape index (κ3) is 4.58. The van der Waals surface area contributed by atoms with Crippen molar-refractivity contribution in [2.24, 2.45) is 0 Å². The van der Waals surface area contributed by atoms with E-state index in [-0.39, 0.29) is 18.4 Å². The summed E-state index contributed by atoms with van der Waals surface area (Å²) in [4.78, 5) is 43.1. The van der Waals surface area contributed by atoms with Gasteiger partial charge in [0.15, 0.2) is 5.13 Å². The minimum Gasteiger partial charge on any atom is -0.445 e. The molecule has 3 heterocycles. The number of likely N-dealkylation sites (tertiary alicyclic amines) is 1. The molecule has 1 aromatic heterocycles. The van der Waals surface area contributed by atoms with Gasteiger partial charge in [0.2, 0.25) is 11.8 Å². The van der Waals surface area contributed by atoms with Gasteiger partial charge in [-0.3, -0.25) is 14.5 Å². The van der Waals surface area contributed by atoms with E-state index in [9.17, 15) is 14.4 Å². The van der Waals surface area contributed by atoms with E-state index in [0.29, 0.717) is 24.5 Å². The van der Waals surface area contributed by atoms with Crippen LogP contribution in [0.15, 0.2) is 53.9 Å². The van der Waals surface area contributed by atoms with Crippen LogP contribution in [0.5, 0.6) is 0 Å². The van der Waals surface area contributed by atoms with Gasteiger partial charge in [-0.15, -0.1) is 11.3 Å². The number of benzene rings is 2. The Morgan fingerprint density at radius 1 is 1.21 bits per heavy atom. The van der Waals surface area contributed by atoms with Crippen molar-refractivity contribution >= 4 is 40.1 Å². The molecule has 1 atom stereocenters. The number of carbonyl (C=O) groups excluding carboxylic acids is 3. The third-order valence-corrected chi connectivity index (χ3v) is 6.51. The Bertz CT molecular complexity index is 1210. The fourth-order valence-corrected chi connectivity index (χ4v) is 4.82. The summed E-state index contributed by atoms with van der Waals surface area (Å²) in [5.74, 6) is -0.286. The second kappa shape index (κ2) is 9.03. The van der Waals surface area contributed by atoms with Crippen LogP contribution >= 0.6 is 11.3 Å². The second-order valence-electron chi connectivity index (χ2n) is 8.02. The van der Waals surface area contributed by atoms with E-state index in [4.69, 9.17) is 4.74 Å². The van der Waals surface area contributed by atoms with E-state index in [0.717, 1.165) is 34.5 Å². The molecule has 0 unspecified atom stereocenters.